The summed E-state index contributed by atoms with van der Waals surface area (Å²) >= 11 is 0. The topological polar surface area (TPSA) is 30.5 Å². The van der Waals surface area contributed by atoms with Crippen LogP contribution in [0.25, 0.3) is 10.8 Å². The van der Waals surface area contributed by atoms with Gasteiger partial charge in [0.25, 0.3) is 0 Å². The minimum atomic E-state index is 0.616. The van der Waals surface area contributed by atoms with Crippen molar-refractivity contribution in [2.45, 2.75) is 6.54 Å². The fourth-order valence-corrected chi connectivity index (χ4v) is 1.97. The highest BCUT2D eigenvalue weighted by Crippen LogP contribution is 2.18. The highest BCUT2D eigenvalue weighted by Gasteiger charge is 2.03. The Bertz CT molecular complexity index is 611. The maximum absolute atomic E-state index is 5.26. The Labute approximate surface area is 105 Å². The molecular formula is C15H13NO2. The molecule has 90 valence electrons. The van der Waals surface area contributed by atoms with Crippen LogP contribution in [0.1, 0.15) is 5.56 Å². The van der Waals surface area contributed by atoms with Crippen molar-refractivity contribution < 1.29 is 9.47 Å². The Morgan fingerprint density at radius 1 is 0.944 bits per heavy atom. The van der Waals surface area contributed by atoms with Gasteiger partial charge >= 0.3 is 0 Å². The first-order valence-electron chi connectivity index (χ1n) is 5.81. The van der Waals surface area contributed by atoms with E-state index in [9.17, 15) is 0 Å². The summed E-state index contributed by atoms with van der Waals surface area (Å²) in [6, 6.07) is 14.6. The van der Waals surface area contributed by atoms with Crippen LogP contribution in [0.2, 0.25) is 0 Å². The molecule has 0 radical (unpaired) electrons. The van der Waals surface area contributed by atoms with Gasteiger partial charge in [0.05, 0.1) is 0 Å². The van der Waals surface area contributed by atoms with Crippen molar-refractivity contribution in [3.05, 3.63) is 72.7 Å². The van der Waals surface area contributed by atoms with Crippen LogP contribution in [0.15, 0.2) is 67.1 Å². The van der Waals surface area contributed by atoms with Gasteiger partial charge in [-0.1, -0.05) is 42.5 Å². The zero-order valence-electron chi connectivity index (χ0n) is 9.80. The summed E-state index contributed by atoms with van der Waals surface area (Å²) in [5.74, 6) is 0.616. The van der Waals surface area contributed by atoms with E-state index in [0.717, 1.165) is 0 Å². The third-order valence-corrected chi connectivity index (χ3v) is 2.84. The Morgan fingerprint density at radius 3 is 2.72 bits per heavy atom. The Balaban J connectivity index is 1.80. The van der Waals surface area contributed by atoms with E-state index in [-0.39, 0.29) is 0 Å². The maximum Gasteiger partial charge on any atom is 0.228 e. The van der Waals surface area contributed by atoms with Crippen LogP contribution in [0.3, 0.4) is 0 Å². The van der Waals surface area contributed by atoms with Gasteiger partial charge in [-0.15, -0.1) is 0 Å². The number of ether oxygens (including phenoxy) is 2. The highest BCUT2D eigenvalue weighted by molar-refractivity contribution is 5.85. The number of fused-ring (bicyclic) bond motifs is 1. The number of nitrogens with one attached hydrogen (secondary N) is 1. The average molecular weight is 239 g/mol. The number of hydrogen-bond donors (Lipinski definition) is 1. The van der Waals surface area contributed by atoms with Crippen molar-refractivity contribution in [1.82, 2.24) is 5.32 Å². The fourth-order valence-electron chi connectivity index (χ4n) is 1.97. The van der Waals surface area contributed by atoms with Gasteiger partial charge in [0.1, 0.15) is 12.5 Å². The molecule has 0 spiro atoms. The Hall–Kier alpha value is -2.42. The molecule has 0 saturated heterocycles. The van der Waals surface area contributed by atoms with Gasteiger partial charge in [-0.3, -0.25) is 0 Å². The normalized spacial score (nSPS) is 13.7. The first-order chi connectivity index (χ1) is 8.93. The predicted molar refractivity (Wildman–Crippen MR) is 70.2 cm³/mol. The molecule has 2 aromatic rings. The molecule has 0 aromatic heterocycles. The summed E-state index contributed by atoms with van der Waals surface area (Å²) in [7, 11) is 0. The summed E-state index contributed by atoms with van der Waals surface area (Å²) in [5.41, 5.74) is 1.23. The zero-order chi connectivity index (χ0) is 12.2. The molecule has 0 aliphatic carbocycles. The number of benzene rings is 2. The second-order valence-corrected chi connectivity index (χ2v) is 4.00. The van der Waals surface area contributed by atoms with Crippen molar-refractivity contribution in [1.29, 1.82) is 0 Å². The molecule has 0 atom stereocenters. The summed E-state index contributed by atoms with van der Waals surface area (Å²) in [6.07, 6.45) is 4.54. The molecule has 3 heteroatoms. The van der Waals surface area contributed by atoms with Gasteiger partial charge in [-0.05, 0) is 16.3 Å². The van der Waals surface area contributed by atoms with Gasteiger partial charge in [0, 0.05) is 6.54 Å². The summed E-state index contributed by atoms with van der Waals surface area (Å²) in [4.78, 5) is 0. The quantitative estimate of drug-likeness (QED) is 0.891. The summed E-state index contributed by atoms with van der Waals surface area (Å²) in [6.45, 7) is 0.699. The van der Waals surface area contributed by atoms with Crippen LogP contribution in [-0.4, -0.2) is 0 Å². The molecule has 1 aliphatic rings. The molecule has 0 unspecified atom stereocenters. The second kappa shape index (κ2) is 4.84. The zero-order valence-corrected chi connectivity index (χ0v) is 9.80. The van der Waals surface area contributed by atoms with Crippen molar-refractivity contribution in [3.8, 4) is 0 Å². The minimum Gasteiger partial charge on any atom is -0.464 e. The fraction of sp³-hybridized carbons (Fsp3) is 0.0667. The lowest BCUT2D eigenvalue weighted by Gasteiger charge is -2.13. The molecule has 1 aliphatic heterocycles. The average Bonchev–Trinajstić information content (AvgIpc) is 2.46. The second-order valence-electron chi connectivity index (χ2n) is 4.00. The van der Waals surface area contributed by atoms with Gasteiger partial charge in [-0.2, -0.15) is 0 Å². The van der Waals surface area contributed by atoms with Gasteiger partial charge in [0.15, 0.2) is 6.26 Å². The lowest BCUT2D eigenvalue weighted by molar-refractivity contribution is 0.233. The van der Waals surface area contributed by atoms with E-state index in [0.29, 0.717) is 12.4 Å². The smallest absolute Gasteiger partial charge is 0.228 e. The van der Waals surface area contributed by atoms with E-state index in [2.05, 4.69) is 35.6 Å². The molecule has 0 saturated carbocycles. The van der Waals surface area contributed by atoms with E-state index in [1.54, 1.807) is 6.26 Å². The molecule has 0 amide bonds. The van der Waals surface area contributed by atoms with Crippen LogP contribution >= 0.6 is 0 Å². The largest absolute Gasteiger partial charge is 0.464 e. The molecule has 1 N–H and O–H groups in total. The molecule has 18 heavy (non-hydrogen) atoms. The van der Waals surface area contributed by atoms with Crippen LogP contribution in [0.4, 0.5) is 0 Å². The highest BCUT2D eigenvalue weighted by atomic mass is 16.5. The van der Waals surface area contributed by atoms with Crippen LogP contribution in [0.5, 0.6) is 0 Å². The van der Waals surface area contributed by atoms with Gasteiger partial charge < -0.3 is 14.8 Å². The molecule has 0 fully saturated rings. The van der Waals surface area contributed by atoms with Crippen LogP contribution < -0.4 is 5.32 Å². The van der Waals surface area contributed by atoms with E-state index in [1.165, 1.54) is 28.9 Å². The minimum absolute atomic E-state index is 0.616. The Kier molecular flexibility index (Phi) is 2.88. The van der Waals surface area contributed by atoms with Crippen molar-refractivity contribution in [2.24, 2.45) is 0 Å². The number of rotatable bonds is 3. The Morgan fingerprint density at radius 2 is 1.83 bits per heavy atom. The third-order valence-electron chi connectivity index (χ3n) is 2.84. The van der Waals surface area contributed by atoms with Crippen LogP contribution in [-0.2, 0) is 16.0 Å². The lowest BCUT2D eigenvalue weighted by Crippen LogP contribution is -2.15. The van der Waals surface area contributed by atoms with E-state index in [4.69, 9.17) is 9.47 Å². The molecular weight excluding hydrogens is 226 g/mol. The molecule has 3 rings (SSSR count). The molecule has 2 aromatic carbocycles. The van der Waals surface area contributed by atoms with Crippen molar-refractivity contribution in [3.63, 3.8) is 0 Å². The standard InChI is InChI=1S/C15H13NO2/c1-2-7-14-12(4-1)5-3-6-13(14)10-16-15-11-17-8-9-18-15/h1-9,11,16H,10H2. The monoisotopic (exact) mass is 239 g/mol. The molecule has 0 bridgehead atoms. The van der Waals surface area contributed by atoms with Gasteiger partial charge in [-0.25, -0.2) is 0 Å². The van der Waals surface area contributed by atoms with E-state index >= 15 is 0 Å². The first kappa shape index (κ1) is 10.7. The van der Waals surface area contributed by atoms with E-state index < -0.39 is 0 Å². The molecule has 1 heterocycles. The number of hydrogen-bond acceptors (Lipinski definition) is 3. The lowest BCUT2D eigenvalue weighted by atomic mass is 10.0. The van der Waals surface area contributed by atoms with Crippen molar-refractivity contribution >= 4 is 10.8 Å². The summed E-state index contributed by atoms with van der Waals surface area (Å²) in [5, 5.41) is 5.69. The predicted octanol–water partition coefficient (Wildman–Crippen LogP) is 3.25. The third kappa shape index (κ3) is 2.15. The molecule has 3 nitrogen and oxygen atoms in total. The van der Waals surface area contributed by atoms with Crippen LogP contribution in [0, 0.1) is 0 Å². The van der Waals surface area contributed by atoms with Crippen molar-refractivity contribution in [2.75, 3.05) is 0 Å². The van der Waals surface area contributed by atoms with Gasteiger partial charge in [0.2, 0.25) is 5.88 Å². The maximum atomic E-state index is 5.26. The first-order valence-corrected chi connectivity index (χ1v) is 5.81. The van der Waals surface area contributed by atoms with E-state index in [1.807, 2.05) is 12.1 Å². The SMILES string of the molecule is C1=COC(NCc2cccc3ccccc23)=CO1. The summed E-state index contributed by atoms with van der Waals surface area (Å²) < 4.78 is 10.3.